The van der Waals surface area contributed by atoms with Crippen molar-refractivity contribution >= 4 is 5.95 Å². The van der Waals surface area contributed by atoms with Crippen LogP contribution < -0.4 is 9.64 Å². The smallest absolute Gasteiger partial charge is 0.228 e. The topological polar surface area (TPSA) is 89.2 Å². The van der Waals surface area contributed by atoms with Gasteiger partial charge in [-0.1, -0.05) is 0 Å². The molecule has 0 amide bonds. The number of nitrogens with zero attached hydrogens (tertiary/aromatic N) is 6. The Balaban J connectivity index is 1.74. The maximum absolute atomic E-state index is 10.8. The fraction of sp³-hybridized carbons (Fsp3) is 0.538. The van der Waals surface area contributed by atoms with Gasteiger partial charge in [0.15, 0.2) is 5.82 Å². The number of aliphatic hydroxyl groups is 1. The molecule has 3 heterocycles. The Kier molecular flexibility index (Phi) is 3.46. The van der Waals surface area contributed by atoms with Crippen molar-refractivity contribution in [1.82, 2.24) is 24.7 Å². The molecule has 0 atom stereocenters. The van der Waals surface area contributed by atoms with Crippen molar-refractivity contribution in [3.8, 4) is 5.88 Å². The fourth-order valence-electron chi connectivity index (χ4n) is 2.62. The number of hydrogen-bond donors (Lipinski definition) is 1. The highest BCUT2D eigenvalue weighted by Crippen LogP contribution is 2.32. The van der Waals surface area contributed by atoms with Gasteiger partial charge in [0, 0.05) is 45.2 Å². The van der Waals surface area contributed by atoms with Gasteiger partial charge in [-0.2, -0.15) is 10.1 Å². The second-order valence-electron chi connectivity index (χ2n) is 5.12. The van der Waals surface area contributed by atoms with Gasteiger partial charge in [-0.05, 0) is 0 Å². The Morgan fingerprint density at radius 2 is 2.05 bits per heavy atom. The summed E-state index contributed by atoms with van der Waals surface area (Å²) < 4.78 is 6.74. The molecule has 1 aliphatic rings. The zero-order valence-corrected chi connectivity index (χ0v) is 12.1. The van der Waals surface area contributed by atoms with Crippen molar-refractivity contribution in [1.29, 1.82) is 0 Å². The van der Waals surface area contributed by atoms with E-state index in [1.54, 1.807) is 31.1 Å². The second kappa shape index (κ2) is 5.28. The highest BCUT2D eigenvalue weighted by molar-refractivity contribution is 5.33. The molecule has 0 aliphatic carbocycles. The zero-order valence-electron chi connectivity index (χ0n) is 12.1. The lowest BCUT2D eigenvalue weighted by Crippen LogP contribution is -2.44. The van der Waals surface area contributed by atoms with Crippen LogP contribution in [0.2, 0.25) is 0 Å². The molecule has 0 unspecified atom stereocenters. The summed E-state index contributed by atoms with van der Waals surface area (Å²) in [7, 11) is 3.37. The van der Waals surface area contributed by atoms with Gasteiger partial charge < -0.3 is 14.7 Å². The molecule has 8 nitrogen and oxygen atoms in total. The Hall–Kier alpha value is -2.22. The van der Waals surface area contributed by atoms with E-state index in [4.69, 9.17) is 4.74 Å². The number of methoxy groups -OCH3 is 1. The van der Waals surface area contributed by atoms with E-state index in [0.29, 0.717) is 43.6 Å². The number of anilines is 1. The number of piperidine rings is 1. The minimum absolute atomic E-state index is 0.536. The average Bonchev–Trinajstić information content (AvgIpc) is 2.95. The third-order valence-corrected chi connectivity index (χ3v) is 3.83. The van der Waals surface area contributed by atoms with Crippen LogP contribution in [-0.2, 0) is 12.6 Å². The van der Waals surface area contributed by atoms with E-state index in [1.807, 2.05) is 4.90 Å². The first kappa shape index (κ1) is 13.7. The van der Waals surface area contributed by atoms with Crippen LogP contribution in [-0.4, -0.2) is 50.0 Å². The highest BCUT2D eigenvalue weighted by atomic mass is 16.5. The summed E-state index contributed by atoms with van der Waals surface area (Å²) >= 11 is 0. The molecule has 0 saturated carbocycles. The Bertz CT molecular complexity index is 621. The van der Waals surface area contributed by atoms with Gasteiger partial charge in [-0.3, -0.25) is 4.68 Å². The van der Waals surface area contributed by atoms with Crippen molar-refractivity contribution < 1.29 is 9.84 Å². The van der Waals surface area contributed by atoms with Gasteiger partial charge in [-0.15, -0.1) is 0 Å². The van der Waals surface area contributed by atoms with Crippen LogP contribution in [0.25, 0.3) is 0 Å². The van der Waals surface area contributed by atoms with Crippen LogP contribution in [0.15, 0.2) is 18.6 Å². The van der Waals surface area contributed by atoms with Crippen LogP contribution >= 0.6 is 0 Å². The minimum atomic E-state index is -0.944. The Morgan fingerprint density at radius 3 is 2.67 bits per heavy atom. The molecule has 0 spiro atoms. The van der Waals surface area contributed by atoms with E-state index in [-0.39, 0.29) is 0 Å². The molecule has 1 aliphatic heterocycles. The molecule has 1 fully saturated rings. The lowest BCUT2D eigenvalue weighted by atomic mass is 9.90. The molecule has 0 bridgehead atoms. The molecule has 1 N–H and O–H groups in total. The van der Waals surface area contributed by atoms with Crippen LogP contribution in [0.4, 0.5) is 5.95 Å². The summed E-state index contributed by atoms with van der Waals surface area (Å²) in [6, 6.07) is 1.71. The molecule has 21 heavy (non-hydrogen) atoms. The van der Waals surface area contributed by atoms with Gasteiger partial charge >= 0.3 is 0 Å². The zero-order chi connectivity index (χ0) is 14.9. The quantitative estimate of drug-likeness (QED) is 0.857. The van der Waals surface area contributed by atoms with E-state index in [1.165, 1.54) is 6.33 Å². The molecule has 2 aromatic heterocycles. The first-order valence-corrected chi connectivity index (χ1v) is 6.81. The van der Waals surface area contributed by atoms with Gasteiger partial charge in [-0.25, -0.2) is 9.97 Å². The lowest BCUT2D eigenvalue weighted by Gasteiger charge is -2.37. The van der Waals surface area contributed by atoms with E-state index >= 15 is 0 Å². The second-order valence-corrected chi connectivity index (χ2v) is 5.12. The van der Waals surface area contributed by atoms with Gasteiger partial charge in [0.05, 0.1) is 7.11 Å². The van der Waals surface area contributed by atoms with Crippen molar-refractivity contribution in [2.45, 2.75) is 18.4 Å². The molecular formula is C13H18N6O2. The van der Waals surface area contributed by atoms with E-state index in [9.17, 15) is 5.11 Å². The number of aryl methyl sites for hydroxylation is 1. The predicted octanol–water partition coefficient (Wildman–Crippen LogP) is 0.102. The number of rotatable bonds is 3. The molecular weight excluding hydrogens is 272 g/mol. The van der Waals surface area contributed by atoms with E-state index in [2.05, 4.69) is 20.1 Å². The largest absolute Gasteiger partial charge is 0.481 e. The van der Waals surface area contributed by atoms with Crippen molar-refractivity contribution in [2.75, 3.05) is 25.1 Å². The van der Waals surface area contributed by atoms with Gasteiger partial charge in [0.2, 0.25) is 11.8 Å². The summed E-state index contributed by atoms with van der Waals surface area (Å²) in [4.78, 5) is 14.8. The Labute approximate surface area is 122 Å². The summed E-state index contributed by atoms with van der Waals surface area (Å²) in [5, 5.41) is 14.8. The van der Waals surface area contributed by atoms with Crippen LogP contribution in [0.1, 0.15) is 18.7 Å². The van der Waals surface area contributed by atoms with Crippen LogP contribution in [0, 0.1) is 0 Å². The van der Waals surface area contributed by atoms with Gasteiger partial charge in [0.25, 0.3) is 0 Å². The number of aromatic nitrogens is 5. The number of hydrogen-bond acceptors (Lipinski definition) is 7. The van der Waals surface area contributed by atoms with Crippen LogP contribution in [0.3, 0.4) is 0 Å². The summed E-state index contributed by atoms with van der Waals surface area (Å²) in [5.74, 6) is 1.76. The van der Waals surface area contributed by atoms with E-state index < -0.39 is 5.60 Å². The standard InChI is InChI=1S/C13H18N6O2/c1-18-11(15-9-16-18)13(20)4-7-19(8-5-13)12-14-6-3-10(17-12)21-2/h3,6,9,20H,4-5,7-8H2,1-2H3. The fourth-order valence-corrected chi connectivity index (χ4v) is 2.62. The average molecular weight is 290 g/mol. The normalized spacial score (nSPS) is 17.8. The molecule has 0 aromatic carbocycles. The first-order chi connectivity index (χ1) is 10.1. The first-order valence-electron chi connectivity index (χ1n) is 6.81. The third-order valence-electron chi connectivity index (χ3n) is 3.83. The maximum Gasteiger partial charge on any atom is 0.228 e. The minimum Gasteiger partial charge on any atom is -0.481 e. The van der Waals surface area contributed by atoms with Crippen molar-refractivity contribution in [2.24, 2.45) is 7.05 Å². The SMILES string of the molecule is COc1ccnc(N2CCC(O)(c3ncnn3C)CC2)n1. The van der Waals surface area contributed by atoms with Gasteiger partial charge in [0.1, 0.15) is 11.9 Å². The lowest BCUT2D eigenvalue weighted by molar-refractivity contribution is -0.000306. The number of ether oxygens (including phenoxy) is 1. The molecule has 3 rings (SSSR count). The molecule has 112 valence electrons. The van der Waals surface area contributed by atoms with Crippen molar-refractivity contribution in [3.05, 3.63) is 24.4 Å². The van der Waals surface area contributed by atoms with Crippen LogP contribution in [0.5, 0.6) is 5.88 Å². The summed E-state index contributed by atoms with van der Waals surface area (Å²) in [6.45, 7) is 1.30. The maximum atomic E-state index is 10.8. The molecule has 0 radical (unpaired) electrons. The highest BCUT2D eigenvalue weighted by Gasteiger charge is 2.38. The molecule has 2 aromatic rings. The summed E-state index contributed by atoms with van der Waals surface area (Å²) in [5.41, 5.74) is -0.944. The van der Waals surface area contributed by atoms with E-state index in [0.717, 1.165) is 0 Å². The molecule has 1 saturated heterocycles. The summed E-state index contributed by atoms with van der Waals surface area (Å²) in [6.07, 6.45) is 4.25. The molecule has 8 heteroatoms. The monoisotopic (exact) mass is 290 g/mol. The van der Waals surface area contributed by atoms with Crippen molar-refractivity contribution in [3.63, 3.8) is 0 Å². The Morgan fingerprint density at radius 1 is 1.29 bits per heavy atom. The predicted molar refractivity (Wildman–Crippen MR) is 74.9 cm³/mol. The third kappa shape index (κ3) is 2.54.